The van der Waals surface area contributed by atoms with Crippen molar-refractivity contribution in [2.45, 2.75) is 51.4 Å². The summed E-state index contributed by atoms with van der Waals surface area (Å²) in [7, 11) is 0. The molecular formula is C13H19NO5. The monoisotopic (exact) mass is 269 g/mol. The molecule has 0 unspecified atom stereocenters. The van der Waals surface area contributed by atoms with Gasteiger partial charge in [0.1, 0.15) is 12.0 Å². The van der Waals surface area contributed by atoms with E-state index in [1.165, 1.54) is 0 Å². The highest BCUT2D eigenvalue weighted by Crippen LogP contribution is 2.53. The van der Waals surface area contributed by atoms with Crippen molar-refractivity contribution in [2.24, 2.45) is 17.3 Å². The SMILES string of the molecule is CC1(C)[C@@H]2OCCC[C@@H]2[C@@H]1OC(=O)[C@H]1C[C@@H]1[N+](=O)[O-]. The van der Waals surface area contributed by atoms with Crippen molar-refractivity contribution in [3.05, 3.63) is 10.1 Å². The molecule has 2 saturated carbocycles. The van der Waals surface area contributed by atoms with Crippen LogP contribution in [-0.2, 0) is 14.3 Å². The molecule has 19 heavy (non-hydrogen) atoms. The van der Waals surface area contributed by atoms with E-state index in [1.54, 1.807) is 0 Å². The lowest BCUT2D eigenvalue weighted by molar-refractivity contribution is -0.497. The largest absolute Gasteiger partial charge is 0.461 e. The third-order valence-electron chi connectivity index (χ3n) is 4.80. The molecule has 3 aliphatic rings. The van der Waals surface area contributed by atoms with Crippen molar-refractivity contribution >= 4 is 5.97 Å². The zero-order valence-corrected chi connectivity index (χ0v) is 11.2. The van der Waals surface area contributed by atoms with E-state index in [4.69, 9.17) is 9.47 Å². The van der Waals surface area contributed by atoms with Gasteiger partial charge in [-0.2, -0.15) is 0 Å². The molecular weight excluding hydrogens is 250 g/mol. The predicted octanol–water partition coefficient (Wildman–Crippen LogP) is 1.40. The first kappa shape index (κ1) is 12.8. The molecule has 5 atom stereocenters. The minimum atomic E-state index is -0.728. The number of hydrogen-bond acceptors (Lipinski definition) is 5. The normalized spacial score (nSPS) is 42.7. The van der Waals surface area contributed by atoms with Crippen LogP contribution in [-0.4, -0.2) is 35.7 Å². The maximum absolute atomic E-state index is 11.9. The Morgan fingerprint density at radius 3 is 2.84 bits per heavy atom. The van der Waals surface area contributed by atoms with Crippen LogP contribution in [0.4, 0.5) is 0 Å². The number of esters is 1. The Kier molecular flexibility index (Phi) is 2.81. The van der Waals surface area contributed by atoms with Crippen LogP contribution in [0.25, 0.3) is 0 Å². The molecule has 106 valence electrons. The zero-order valence-electron chi connectivity index (χ0n) is 11.2. The summed E-state index contributed by atoms with van der Waals surface area (Å²) < 4.78 is 11.3. The third-order valence-corrected chi connectivity index (χ3v) is 4.80. The van der Waals surface area contributed by atoms with Crippen LogP contribution < -0.4 is 0 Å². The number of ether oxygens (including phenoxy) is 2. The molecule has 3 fully saturated rings. The second-order valence-corrected chi connectivity index (χ2v) is 6.47. The van der Waals surface area contributed by atoms with Gasteiger partial charge in [0.25, 0.3) is 0 Å². The van der Waals surface area contributed by atoms with Gasteiger partial charge in [0.2, 0.25) is 6.04 Å². The number of carbonyl (C=O) groups is 1. The smallest absolute Gasteiger partial charge is 0.316 e. The first-order chi connectivity index (χ1) is 8.93. The highest BCUT2D eigenvalue weighted by atomic mass is 16.6. The number of nitro groups is 1. The summed E-state index contributed by atoms with van der Waals surface area (Å²) in [5, 5.41) is 10.6. The van der Waals surface area contributed by atoms with Crippen LogP contribution in [0.1, 0.15) is 33.1 Å². The summed E-state index contributed by atoms with van der Waals surface area (Å²) >= 11 is 0. The van der Waals surface area contributed by atoms with Crippen LogP contribution in [0.5, 0.6) is 0 Å². The number of hydrogen-bond donors (Lipinski definition) is 0. The molecule has 1 saturated heterocycles. The number of rotatable bonds is 3. The molecule has 0 amide bonds. The molecule has 6 nitrogen and oxygen atoms in total. The van der Waals surface area contributed by atoms with E-state index in [0.29, 0.717) is 6.42 Å². The first-order valence-corrected chi connectivity index (χ1v) is 6.88. The Hall–Kier alpha value is -1.17. The summed E-state index contributed by atoms with van der Waals surface area (Å²) in [6.07, 6.45) is 2.33. The Balaban J connectivity index is 1.61. The Morgan fingerprint density at radius 1 is 1.47 bits per heavy atom. The topological polar surface area (TPSA) is 78.7 Å². The molecule has 6 heteroatoms. The lowest BCUT2D eigenvalue weighted by atomic mass is 9.57. The van der Waals surface area contributed by atoms with Gasteiger partial charge >= 0.3 is 5.97 Å². The van der Waals surface area contributed by atoms with Gasteiger partial charge in [0.15, 0.2) is 0 Å². The van der Waals surface area contributed by atoms with Crippen molar-refractivity contribution in [2.75, 3.05) is 6.61 Å². The summed E-state index contributed by atoms with van der Waals surface area (Å²) in [4.78, 5) is 22.1. The van der Waals surface area contributed by atoms with Gasteiger partial charge in [-0.15, -0.1) is 0 Å². The number of carbonyl (C=O) groups excluding carboxylic acids is 1. The Bertz CT molecular complexity index is 421. The standard InChI is InChI=1S/C13H19NO5/c1-13(2)10-7(4-3-5-18-10)11(13)19-12(15)8-6-9(8)14(16)17/h7-11H,3-6H2,1-2H3/t7-,8-,9-,10+,11-/m0/s1. The van der Waals surface area contributed by atoms with Gasteiger partial charge in [-0.05, 0) is 12.8 Å². The minimum absolute atomic E-state index is 0.154. The van der Waals surface area contributed by atoms with E-state index in [-0.39, 0.29) is 28.5 Å². The highest BCUT2D eigenvalue weighted by molar-refractivity contribution is 5.76. The molecule has 0 N–H and O–H groups in total. The van der Waals surface area contributed by atoms with E-state index in [0.717, 1.165) is 19.4 Å². The van der Waals surface area contributed by atoms with Gasteiger partial charge < -0.3 is 9.47 Å². The third kappa shape index (κ3) is 1.93. The molecule has 0 aromatic heterocycles. The van der Waals surface area contributed by atoms with Crippen LogP contribution >= 0.6 is 0 Å². The van der Waals surface area contributed by atoms with E-state index in [9.17, 15) is 14.9 Å². The number of fused-ring (bicyclic) bond motifs is 1. The van der Waals surface area contributed by atoms with E-state index >= 15 is 0 Å². The lowest BCUT2D eigenvalue weighted by Crippen LogP contribution is -2.65. The van der Waals surface area contributed by atoms with Crippen molar-refractivity contribution < 1.29 is 19.2 Å². The summed E-state index contributed by atoms with van der Waals surface area (Å²) in [6, 6.07) is -0.728. The molecule has 1 aliphatic heterocycles. The Morgan fingerprint density at radius 2 is 2.21 bits per heavy atom. The van der Waals surface area contributed by atoms with E-state index in [1.807, 2.05) is 13.8 Å². The zero-order chi connectivity index (χ0) is 13.8. The molecule has 0 spiro atoms. The maximum Gasteiger partial charge on any atom is 0.316 e. The summed E-state index contributed by atoms with van der Waals surface area (Å²) in [6.45, 7) is 4.85. The number of nitrogens with zero attached hydrogens (tertiary/aromatic N) is 1. The molecule has 0 bridgehead atoms. The molecule has 0 aromatic rings. The highest BCUT2D eigenvalue weighted by Gasteiger charge is 2.62. The second kappa shape index (κ2) is 4.16. The molecule has 1 heterocycles. The van der Waals surface area contributed by atoms with Crippen LogP contribution in [0.15, 0.2) is 0 Å². The van der Waals surface area contributed by atoms with Crippen LogP contribution in [0.3, 0.4) is 0 Å². The van der Waals surface area contributed by atoms with E-state index < -0.39 is 17.9 Å². The Labute approximate surface area is 111 Å². The fraction of sp³-hybridized carbons (Fsp3) is 0.923. The van der Waals surface area contributed by atoms with Gasteiger partial charge in [-0.25, -0.2) is 0 Å². The second-order valence-electron chi connectivity index (χ2n) is 6.47. The van der Waals surface area contributed by atoms with E-state index in [2.05, 4.69) is 0 Å². The average molecular weight is 269 g/mol. The lowest BCUT2D eigenvalue weighted by Gasteiger charge is -2.58. The molecule has 3 rings (SSSR count). The van der Waals surface area contributed by atoms with Crippen molar-refractivity contribution in [3.63, 3.8) is 0 Å². The fourth-order valence-electron chi connectivity index (χ4n) is 3.60. The van der Waals surface area contributed by atoms with Gasteiger partial charge in [0, 0.05) is 29.3 Å². The maximum atomic E-state index is 11.9. The first-order valence-electron chi connectivity index (χ1n) is 6.88. The van der Waals surface area contributed by atoms with Crippen molar-refractivity contribution in [3.8, 4) is 0 Å². The fourth-order valence-corrected chi connectivity index (χ4v) is 3.60. The predicted molar refractivity (Wildman–Crippen MR) is 65.0 cm³/mol. The van der Waals surface area contributed by atoms with Crippen molar-refractivity contribution in [1.29, 1.82) is 0 Å². The summed E-state index contributed by atoms with van der Waals surface area (Å²) in [5.41, 5.74) is -0.181. The van der Waals surface area contributed by atoms with Crippen molar-refractivity contribution in [1.82, 2.24) is 0 Å². The quantitative estimate of drug-likeness (QED) is 0.439. The van der Waals surface area contributed by atoms with Gasteiger partial charge in [0.05, 0.1) is 6.10 Å². The molecule has 0 radical (unpaired) electrons. The van der Waals surface area contributed by atoms with Gasteiger partial charge in [-0.1, -0.05) is 13.8 Å². The summed E-state index contributed by atoms with van der Waals surface area (Å²) in [5.74, 6) is -0.668. The molecule has 2 aliphatic carbocycles. The van der Waals surface area contributed by atoms with Gasteiger partial charge in [-0.3, -0.25) is 14.9 Å². The molecule has 0 aromatic carbocycles. The average Bonchev–Trinajstić information content (AvgIpc) is 3.16. The van der Waals surface area contributed by atoms with Crippen LogP contribution in [0, 0.1) is 27.4 Å². The van der Waals surface area contributed by atoms with Crippen LogP contribution in [0.2, 0.25) is 0 Å². The minimum Gasteiger partial charge on any atom is -0.461 e.